The molecular formula is C17H23N3O2S. The SMILES string of the molecule is CCC(=O)Nc1ccc(NC(=S)NC(=O)CC2CCCC2)cc1. The fraction of sp³-hybridized carbons (Fsp3) is 0.471. The van der Waals surface area contributed by atoms with Gasteiger partial charge in [0.1, 0.15) is 0 Å². The van der Waals surface area contributed by atoms with Crippen LogP contribution in [0.3, 0.4) is 0 Å². The molecule has 0 aliphatic heterocycles. The van der Waals surface area contributed by atoms with Crippen LogP contribution in [0.25, 0.3) is 0 Å². The van der Waals surface area contributed by atoms with Gasteiger partial charge in [0.05, 0.1) is 0 Å². The number of benzene rings is 1. The van der Waals surface area contributed by atoms with Crippen molar-refractivity contribution in [3.8, 4) is 0 Å². The second-order valence-corrected chi connectivity index (χ2v) is 6.24. The topological polar surface area (TPSA) is 70.2 Å². The van der Waals surface area contributed by atoms with E-state index in [1.54, 1.807) is 31.2 Å². The zero-order valence-corrected chi connectivity index (χ0v) is 14.2. The van der Waals surface area contributed by atoms with Crippen molar-refractivity contribution in [3.05, 3.63) is 24.3 Å². The third-order valence-electron chi connectivity index (χ3n) is 3.95. The van der Waals surface area contributed by atoms with Crippen molar-refractivity contribution in [2.24, 2.45) is 5.92 Å². The van der Waals surface area contributed by atoms with E-state index in [-0.39, 0.29) is 11.8 Å². The lowest BCUT2D eigenvalue weighted by Gasteiger charge is -2.12. The predicted molar refractivity (Wildman–Crippen MR) is 96.3 cm³/mol. The van der Waals surface area contributed by atoms with Gasteiger partial charge in [-0.05, 0) is 55.2 Å². The average molecular weight is 333 g/mol. The third kappa shape index (κ3) is 5.98. The number of amides is 2. The van der Waals surface area contributed by atoms with E-state index in [0.717, 1.165) is 24.2 Å². The molecule has 0 bridgehead atoms. The largest absolute Gasteiger partial charge is 0.332 e. The zero-order chi connectivity index (χ0) is 16.7. The molecule has 6 heteroatoms. The summed E-state index contributed by atoms with van der Waals surface area (Å²) in [6.45, 7) is 1.80. The maximum atomic E-state index is 11.9. The Bertz CT molecular complexity index is 566. The molecule has 2 amide bonds. The lowest BCUT2D eigenvalue weighted by Crippen LogP contribution is -2.34. The summed E-state index contributed by atoms with van der Waals surface area (Å²) in [7, 11) is 0. The quantitative estimate of drug-likeness (QED) is 0.722. The molecule has 23 heavy (non-hydrogen) atoms. The van der Waals surface area contributed by atoms with E-state index in [1.165, 1.54) is 12.8 Å². The zero-order valence-electron chi connectivity index (χ0n) is 13.4. The summed E-state index contributed by atoms with van der Waals surface area (Å²) >= 11 is 5.16. The predicted octanol–water partition coefficient (Wildman–Crippen LogP) is 3.43. The minimum atomic E-state index is -0.0274. The van der Waals surface area contributed by atoms with E-state index >= 15 is 0 Å². The highest BCUT2D eigenvalue weighted by molar-refractivity contribution is 7.80. The molecule has 0 radical (unpaired) electrons. The minimum Gasteiger partial charge on any atom is -0.332 e. The van der Waals surface area contributed by atoms with Crippen molar-refractivity contribution < 1.29 is 9.59 Å². The van der Waals surface area contributed by atoms with Gasteiger partial charge in [0.2, 0.25) is 11.8 Å². The first-order chi connectivity index (χ1) is 11.1. The molecule has 5 nitrogen and oxygen atoms in total. The molecule has 1 saturated carbocycles. The Labute approximate surface area is 142 Å². The molecule has 0 saturated heterocycles. The first-order valence-electron chi connectivity index (χ1n) is 8.07. The number of anilines is 2. The molecule has 0 spiro atoms. The van der Waals surface area contributed by atoms with Crippen LogP contribution in [0.5, 0.6) is 0 Å². The van der Waals surface area contributed by atoms with Gasteiger partial charge in [0.25, 0.3) is 0 Å². The maximum absolute atomic E-state index is 11.9. The summed E-state index contributed by atoms with van der Waals surface area (Å²) in [4.78, 5) is 23.2. The van der Waals surface area contributed by atoms with Crippen LogP contribution < -0.4 is 16.0 Å². The summed E-state index contributed by atoms with van der Waals surface area (Å²) in [6.07, 6.45) is 5.71. The van der Waals surface area contributed by atoms with E-state index in [4.69, 9.17) is 12.2 Å². The van der Waals surface area contributed by atoms with Crippen LogP contribution in [0, 0.1) is 5.92 Å². The van der Waals surface area contributed by atoms with Gasteiger partial charge in [-0.15, -0.1) is 0 Å². The average Bonchev–Trinajstić information content (AvgIpc) is 3.01. The van der Waals surface area contributed by atoms with Crippen LogP contribution in [-0.2, 0) is 9.59 Å². The maximum Gasteiger partial charge on any atom is 0.226 e. The molecular weight excluding hydrogens is 310 g/mol. The first-order valence-corrected chi connectivity index (χ1v) is 8.48. The molecule has 2 rings (SSSR count). The first kappa shape index (κ1) is 17.4. The molecule has 0 heterocycles. The fourth-order valence-electron chi connectivity index (χ4n) is 2.70. The molecule has 0 atom stereocenters. The van der Waals surface area contributed by atoms with Crippen LogP contribution in [0.1, 0.15) is 45.4 Å². The number of thiocarbonyl (C=S) groups is 1. The molecule has 1 aliphatic carbocycles. The molecule has 1 aromatic carbocycles. The van der Waals surface area contributed by atoms with Crippen LogP contribution in [0.2, 0.25) is 0 Å². The van der Waals surface area contributed by atoms with Gasteiger partial charge in [0.15, 0.2) is 5.11 Å². The summed E-state index contributed by atoms with van der Waals surface area (Å²) in [5.74, 6) is 0.445. The summed E-state index contributed by atoms with van der Waals surface area (Å²) < 4.78 is 0. The van der Waals surface area contributed by atoms with Crippen molar-refractivity contribution in [2.45, 2.75) is 45.4 Å². The minimum absolute atomic E-state index is 0.0266. The summed E-state index contributed by atoms with van der Waals surface area (Å²) in [5.41, 5.74) is 1.50. The van der Waals surface area contributed by atoms with Crippen molar-refractivity contribution in [3.63, 3.8) is 0 Å². The van der Waals surface area contributed by atoms with E-state index < -0.39 is 0 Å². The number of carbonyl (C=O) groups excluding carboxylic acids is 2. The van der Waals surface area contributed by atoms with Gasteiger partial charge in [-0.1, -0.05) is 19.8 Å². The van der Waals surface area contributed by atoms with Crippen LogP contribution in [-0.4, -0.2) is 16.9 Å². The molecule has 124 valence electrons. The van der Waals surface area contributed by atoms with Gasteiger partial charge < -0.3 is 16.0 Å². The molecule has 0 aromatic heterocycles. The summed E-state index contributed by atoms with van der Waals surface area (Å²) in [6, 6.07) is 7.19. The van der Waals surface area contributed by atoms with Crippen LogP contribution in [0.4, 0.5) is 11.4 Å². The number of hydrogen-bond donors (Lipinski definition) is 3. The van der Waals surface area contributed by atoms with Crippen LogP contribution in [0.15, 0.2) is 24.3 Å². The van der Waals surface area contributed by atoms with Gasteiger partial charge >= 0.3 is 0 Å². The number of rotatable bonds is 5. The summed E-state index contributed by atoms with van der Waals surface area (Å²) in [5, 5.41) is 8.78. The molecule has 1 fully saturated rings. The van der Waals surface area contributed by atoms with E-state index in [1.807, 2.05) is 0 Å². The number of hydrogen-bond acceptors (Lipinski definition) is 3. The van der Waals surface area contributed by atoms with Gasteiger partial charge in [-0.25, -0.2) is 0 Å². The molecule has 3 N–H and O–H groups in total. The van der Waals surface area contributed by atoms with Gasteiger partial charge in [-0.2, -0.15) is 0 Å². The van der Waals surface area contributed by atoms with Gasteiger partial charge in [0, 0.05) is 24.2 Å². The molecule has 0 unspecified atom stereocenters. The highest BCUT2D eigenvalue weighted by atomic mass is 32.1. The lowest BCUT2D eigenvalue weighted by atomic mass is 10.0. The normalized spacial score (nSPS) is 14.3. The standard InChI is InChI=1S/C17H23N3O2S/c1-2-15(21)18-13-7-9-14(10-8-13)19-17(23)20-16(22)11-12-5-3-4-6-12/h7-10,12H,2-6,11H2,1H3,(H,18,21)(H2,19,20,22,23). The highest BCUT2D eigenvalue weighted by Gasteiger charge is 2.18. The fourth-order valence-corrected chi connectivity index (χ4v) is 2.93. The Morgan fingerprint density at radius 2 is 1.61 bits per heavy atom. The smallest absolute Gasteiger partial charge is 0.226 e. The van der Waals surface area contributed by atoms with Crippen molar-refractivity contribution in [1.82, 2.24) is 5.32 Å². The van der Waals surface area contributed by atoms with Gasteiger partial charge in [-0.3, -0.25) is 9.59 Å². The van der Waals surface area contributed by atoms with E-state index in [0.29, 0.717) is 23.9 Å². The Morgan fingerprint density at radius 1 is 1.04 bits per heavy atom. The van der Waals surface area contributed by atoms with Crippen molar-refractivity contribution >= 4 is 40.5 Å². The highest BCUT2D eigenvalue weighted by Crippen LogP contribution is 2.27. The second-order valence-electron chi connectivity index (χ2n) is 5.84. The van der Waals surface area contributed by atoms with Crippen molar-refractivity contribution in [1.29, 1.82) is 0 Å². The third-order valence-corrected chi connectivity index (χ3v) is 4.15. The Kier molecular flexibility index (Phi) is 6.52. The molecule has 1 aliphatic rings. The number of nitrogens with one attached hydrogen (secondary N) is 3. The van der Waals surface area contributed by atoms with E-state index in [9.17, 15) is 9.59 Å². The monoisotopic (exact) mass is 333 g/mol. The molecule has 1 aromatic rings. The Hall–Kier alpha value is -1.95. The van der Waals surface area contributed by atoms with Crippen LogP contribution >= 0.6 is 12.2 Å². The lowest BCUT2D eigenvalue weighted by molar-refractivity contribution is -0.120. The Morgan fingerprint density at radius 3 is 2.17 bits per heavy atom. The number of carbonyl (C=O) groups is 2. The second kappa shape index (κ2) is 8.62. The van der Waals surface area contributed by atoms with E-state index in [2.05, 4.69) is 16.0 Å². The Balaban J connectivity index is 1.77. The van der Waals surface area contributed by atoms with Crippen molar-refractivity contribution in [2.75, 3.05) is 10.6 Å².